The van der Waals surface area contributed by atoms with E-state index < -0.39 is 0 Å². The molecule has 1 aliphatic carbocycles. The van der Waals surface area contributed by atoms with Gasteiger partial charge in [0.1, 0.15) is 10.6 Å². The molecule has 30 heavy (non-hydrogen) atoms. The Balaban J connectivity index is 1.49. The number of rotatable bonds is 3. The van der Waals surface area contributed by atoms with E-state index >= 15 is 0 Å². The fourth-order valence-corrected chi connectivity index (χ4v) is 6.11. The monoisotopic (exact) mass is 416 g/mol. The van der Waals surface area contributed by atoms with Crippen LogP contribution >= 0.6 is 11.3 Å². The number of anilines is 1. The van der Waals surface area contributed by atoms with Crippen molar-refractivity contribution in [3.05, 3.63) is 53.4 Å². The highest BCUT2D eigenvalue weighted by atomic mass is 32.1. The number of hydrogen-bond acceptors (Lipinski definition) is 6. The lowest BCUT2D eigenvalue weighted by Crippen LogP contribution is -2.37. The summed E-state index contributed by atoms with van der Waals surface area (Å²) in [5.41, 5.74) is 2.47. The van der Waals surface area contributed by atoms with Crippen LogP contribution in [0.25, 0.3) is 21.6 Å². The Hall–Kier alpha value is -2.80. The molecule has 6 rings (SSSR count). The summed E-state index contributed by atoms with van der Waals surface area (Å²) >= 11 is 1.87. The van der Waals surface area contributed by atoms with Crippen LogP contribution in [0.3, 0.4) is 0 Å². The summed E-state index contributed by atoms with van der Waals surface area (Å²) in [6.45, 7) is 1.96. The van der Waals surface area contributed by atoms with E-state index in [0.29, 0.717) is 6.04 Å². The standard InChI is InChI=1S/C23H24N6S/c1-2-9-19-18(8-1)20-22(28-12-4-7-17(15-28)29-13-5-11-25-29)26-21(27-23(20)30-19)16-6-3-10-24-14-16/h3,5-6,10-11,13-14,17H,1-2,4,7-9,12,15H2. The van der Waals surface area contributed by atoms with Gasteiger partial charge in [-0.15, -0.1) is 11.3 Å². The third kappa shape index (κ3) is 3.08. The maximum Gasteiger partial charge on any atom is 0.164 e. The molecule has 4 aromatic heterocycles. The van der Waals surface area contributed by atoms with E-state index in [1.165, 1.54) is 35.1 Å². The van der Waals surface area contributed by atoms with Crippen LogP contribution in [-0.4, -0.2) is 37.8 Å². The van der Waals surface area contributed by atoms with Crippen LogP contribution in [0.1, 0.15) is 42.2 Å². The maximum absolute atomic E-state index is 5.14. The van der Waals surface area contributed by atoms with Gasteiger partial charge >= 0.3 is 0 Å². The number of pyridine rings is 1. The van der Waals surface area contributed by atoms with Crippen LogP contribution in [0.2, 0.25) is 0 Å². The number of aryl methyl sites for hydroxylation is 2. The summed E-state index contributed by atoms with van der Waals surface area (Å²) in [5.74, 6) is 1.89. The molecule has 0 saturated carbocycles. The molecule has 1 atom stereocenters. The minimum Gasteiger partial charge on any atom is -0.354 e. The quantitative estimate of drug-likeness (QED) is 0.486. The minimum atomic E-state index is 0.384. The number of nitrogens with zero attached hydrogens (tertiary/aromatic N) is 6. The molecule has 152 valence electrons. The van der Waals surface area contributed by atoms with Gasteiger partial charge in [-0.1, -0.05) is 0 Å². The van der Waals surface area contributed by atoms with Crippen molar-refractivity contribution >= 4 is 27.4 Å². The second-order valence-corrected chi connectivity index (χ2v) is 9.32. The predicted molar refractivity (Wildman–Crippen MR) is 120 cm³/mol. The molecule has 5 heterocycles. The van der Waals surface area contributed by atoms with Gasteiger partial charge in [-0.25, -0.2) is 9.97 Å². The Morgan fingerprint density at radius 1 is 1.03 bits per heavy atom. The zero-order valence-electron chi connectivity index (χ0n) is 16.9. The fourth-order valence-electron chi connectivity index (χ4n) is 4.85. The first kappa shape index (κ1) is 18.0. The number of piperidine rings is 1. The molecule has 1 fully saturated rings. The molecular formula is C23H24N6S. The first-order chi connectivity index (χ1) is 14.9. The summed E-state index contributed by atoms with van der Waals surface area (Å²) in [6.07, 6.45) is 14.8. The lowest BCUT2D eigenvalue weighted by Gasteiger charge is -2.34. The third-order valence-corrected chi connectivity index (χ3v) is 7.50. The van der Waals surface area contributed by atoms with E-state index in [1.807, 2.05) is 41.9 Å². The first-order valence-electron chi connectivity index (χ1n) is 10.8. The molecule has 0 bridgehead atoms. The number of hydrogen-bond donors (Lipinski definition) is 0. The highest BCUT2D eigenvalue weighted by Gasteiger charge is 2.28. The van der Waals surface area contributed by atoms with Crippen molar-refractivity contribution in [1.82, 2.24) is 24.7 Å². The van der Waals surface area contributed by atoms with E-state index in [4.69, 9.17) is 9.97 Å². The SMILES string of the molecule is c1cncc(-c2nc(N3CCCC(n4cccn4)C3)c3c4c(sc3n2)CCCC4)c1. The highest BCUT2D eigenvalue weighted by Crippen LogP contribution is 2.41. The van der Waals surface area contributed by atoms with Gasteiger partial charge in [0.2, 0.25) is 0 Å². The smallest absolute Gasteiger partial charge is 0.164 e. The summed E-state index contributed by atoms with van der Waals surface area (Å²) in [5, 5.41) is 5.80. The van der Waals surface area contributed by atoms with Crippen molar-refractivity contribution in [1.29, 1.82) is 0 Å². The number of thiophene rings is 1. The minimum absolute atomic E-state index is 0.384. The van der Waals surface area contributed by atoms with Crippen LogP contribution in [-0.2, 0) is 12.8 Å². The maximum atomic E-state index is 5.14. The van der Waals surface area contributed by atoms with Crippen LogP contribution in [0.4, 0.5) is 5.82 Å². The summed E-state index contributed by atoms with van der Waals surface area (Å²) in [4.78, 5) is 19.5. The fraction of sp³-hybridized carbons (Fsp3) is 0.391. The van der Waals surface area contributed by atoms with Crippen molar-refractivity contribution in [2.24, 2.45) is 0 Å². The highest BCUT2D eigenvalue weighted by molar-refractivity contribution is 7.19. The van der Waals surface area contributed by atoms with Gasteiger partial charge in [0.05, 0.1) is 11.4 Å². The van der Waals surface area contributed by atoms with Crippen molar-refractivity contribution in [3.8, 4) is 11.4 Å². The van der Waals surface area contributed by atoms with Gasteiger partial charge in [-0.05, 0) is 62.3 Å². The summed E-state index contributed by atoms with van der Waals surface area (Å²) in [6, 6.07) is 6.40. The zero-order valence-corrected chi connectivity index (χ0v) is 17.7. The molecule has 1 aliphatic heterocycles. The predicted octanol–water partition coefficient (Wildman–Crippen LogP) is 4.67. The van der Waals surface area contributed by atoms with Crippen molar-refractivity contribution < 1.29 is 0 Å². The topological polar surface area (TPSA) is 59.7 Å². The second-order valence-electron chi connectivity index (χ2n) is 8.23. The Morgan fingerprint density at radius 3 is 2.87 bits per heavy atom. The van der Waals surface area contributed by atoms with Gasteiger partial charge < -0.3 is 4.90 Å². The lowest BCUT2D eigenvalue weighted by atomic mass is 9.96. The van der Waals surface area contributed by atoms with Crippen LogP contribution in [0, 0.1) is 0 Å². The molecule has 7 heteroatoms. The van der Waals surface area contributed by atoms with E-state index in [2.05, 4.69) is 25.9 Å². The third-order valence-electron chi connectivity index (χ3n) is 6.31. The molecular weight excluding hydrogens is 392 g/mol. The molecule has 0 amide bonds. The molecule has 0 spiro atoms. The largest absolute Gasteiger partial charge is 0.354 e. The van der Waals surface area contributed by atoms with Gasteiger partial charge in [-0.2, -0.15) is 5.10 Å². The second kappa shape index (κ2) is 7.47. The van der Waals surface area contributed by atoms with E-state index in [9.17, 15) is 0 Å². The van der Waals surface area contributed by atoms with Crippen LogP contribution in [0.15, 0.2) is 43.0 Å². The van der Waals surface area contributed by atoms with Crippen molar-refractivity contribution in [3.63, 3.8) is 0 Å². The number of aromatic nitrogens is 5. The number of fused-ring (bicyclic) bond motifs is 3. The Kier molecular flexibility index (Phi) is 4.48. The molecule has 0 radical (unpaired) electrons. The van der Waals surface area contributed by atoms with Crippen LogP contribution in [0.5, 0.6) is 0 Å². The first-order valence-corrected chi connectivity index (χ1v) is 11.7. The summed E-state index contributed by atoms with van der Waals surface area (Å²) < 4.78 is 2.11. The normalized spacial score (nSPS) is 19.2. The molecule has 4 aromatic rings. The molecule has 2 aliphatic rings. The molecule has 6 nitrogen and oxygen atoms in total. The van der Waals surface area contributed by atoms with Crippen molar-refractivity contribution in [2.75, 3.05) is 18.0 Å². The Labute approximate surface area is 179 Å². The molecule has 1 saturated heterocycles. The Morgan fingerprint density at radius 2 is 2.00 bits per heavy atom. The van der Waals surface area contributed by atoms with Gasteiger partial charge in [-0.3, -0.25) is 9.67 Å². The lowest BCUT2D eigenvalue weighted by molar-refractivity contribution is 0.375. The van der Waals surface area contributed by atoms with E-state index in [1.54, 1.807) is 6.20 Å². The average Bonchev–Trinajstić information content (AvgIpc) is 3.47. The average molecular weight is 417 g/mol. The van der Waals surface area contributed by atoms with Crippen molar-refractivity contribution in [2.45, 2.75) is 44.6 Å². The zero-order chi connectivity index (χ0) is 19.9. The molecule has 1 unspecified atom stereocenters. The molecule has 0 aromatic carbocycles. The van der Waals surface area contributed by atoms with E-state index in [-0.39, 0.29) is 0 Å². The molecule has 0 N–H and O–H groups in total. The summed E-state index contributed by atoms with van der Waals surface area (Å²) in [7, 11) is 0. The Bertz CT molecular complexity index is 1170. The van der Waals surface area contributed by atoms with Crippen LogP contribution < -0.4 is 4.90 Å². The van der Waals surface area contributed by atoms with E-state index in [0.717, 1.165) is 54.4 Å². The van der Waals surface area contributed by atoms with Gasteiger partial charge in [0.25, 0.3) is 0 Å². The van der Waals surface area contributed by atoms with Gasteiger partial charge in [0, 0.05) is 48.3 Å². The van der Waals surface area contributed by atoms with Gasteiger partial charge in [0.15, 0.2) is 5.82 Å².